The lowest BCUT2D eigenvalue weighted by Crippen LogP contribution is -2.11. The Morgan fingerprint density at radius 3 is 2.03 bits per heavy atom. The minimum Gasteiger partial charge on any atom is -0.493 e. The number of azo groups is 1. The third kappa shape index (κ3) is 6.41. The second kappa shape index (κ2) is 11.1. The Morgan fingerprint density at radius 1 is 0.867 bits per heavy atom. The summed E-state index contributed by atoms with van der Waals surface area (Å²) in [7, 11) is 0. The minimum atomic E-state index is -0.00485. The van der Waals surface area contributed by atoms with E-state index in [-0.39, 0.29) is 5.43 Å². The molecule has 3 aromatic rings. The SMILES string of the molecule is CCCCC(CC)COc1ccc(N=Nc2ccc(-n3ccc(=O)cc3)cc2)cc1. The van der Waals surface area contributed by atoms with Gasteiger partial charge in [-0.1, -0.05) is 33.1 Å². The molecule has 3 rings (SSSR count). The molecule has 5 heteroatoms. The molecule has 156 valence electrons. The van der Waals surface area contributed by atoms with Gasteiger partial charge in [0.25, 0.3) is 0 Å². The Hall–Kier alpha value is -3.21. The van der Waals surface area contributed by atoms with E-state index < -0.39 is 0 Å². The Balaban J connectivity index is 1.55. The van der Waals surface area contributed by atoms with Gasteiger partial charge in [0.05, 0.1) is 18.0 Å². The molecular weight excluding hydrogens is 374 g/mol. The first-order valence-corrected chi connectivity index (χ1v) is 10.6. The summed E-state index contributed by atoms with van der Waals surface area (Å²) < 4.78 is 7.82. The quantitative estimate of drug-likeness (QED) is 0.348. The maximum atomic E-state index is 11.2. The zero-order valence-corrected chi connectivity index (χ0v) is 17.7. The molecule has 1 unspecified atom stereocenters. The Kier molecular flexibility index (Phi) is 7.95. The predicted molar refractivity (Wildman–Crippen MR) is 121 cm³/mol. The van der Waals surface area contributed by atoms with Crippen molar-refractivity contribution in [1.82, 2.24) is 4.57 Å². The number of rotatable bonds is 10. The molecule has 0 saturated carbocycles. The molecule has 1 aromatic heterocycles. The normalized spacial score (nSPS) is 12.2. The van der Waals surface area contributed by atoms with E-state index in [9.17, 15) is 4.79 Å². The molecular formula is C25H29N3O2. The van der Waals surface area contributed by atoms with Crippen molar-refractivity contribution in [2.24, 2.45) is 16.1 Å². The second-order valence-electron chi connectivity index (χ2n) is 7.38. The van der Waals surface area contributed by atoms with Gasteiger partial charge in [-0.05, 0) is 60.9 Å². The van der Waals surface area contributed by atoms with Crippen LogP contribution in [-0.4, -0.2) is 11.2 Å². The molecule has 0 N–H and O–H groups in total. The number of hydrogen-bond acceptors (Lipinski definition) is 4. The largest absolute Gasteiger partial charge is 0.493 e. The summed E-state index contributed by atoms with van der Waals surface area (Å²) in [4.78, 5) is 11.2. The van der Waals surface area contributed by atoms with Crippen molar-refractivity contribution in [3.05, 3.63) is 83.3 Å². The third-order valence-corrected chi connectivity index (χ3v) is 5.09. The summed E-state index contributed by atoms with van der Waals surface area (Å²) in [5, 5.41) is 8.61. The fourth-order valence-corrected chi connectivity index (χ4v) is 3.11. The summed E-state index contributed by atoms with van der Waals surface area (Å²) in [6.07, 6.45) is 8.34. The Labute approximate surface area is 178 Å². The fourth-order valence-electron chi connectivity index (χ4n) is 3.11. The topological polar surface area (TPSA) is 56.0 Å². The molecule has 5 nitrogen and oxygen atoms in total. The minimum absolute atomic E-state index is 0.00485. The summed E-state index contributed by atoms with van der Waals surface area (Å²) in [5.41, 5.74) is 2.50. The smallest absolute Gasteiger partial charge is 0.181 e. The lowest BCUT2D eigenvalue weighted by molar-refractivity contribution is 0.233. The van der Waals surface area contributed by atoms with E-state index in [1.54, 1.807) is 12.4 Å². The van der Waals surface area contributed by atoms with Crippen LogP contribution in [0.15, 0.2) is 88.1 Å². The number of aromatic nitrogens is 1. The van der Waals surface area contributed by atoms with Gasteiger partial charge in [0.2, 0.25) is 0 Å². The van der Waals surface area contributed by atoms with Crippen LogP contribution in [0.4, 0.5) is 11.4 Å². The number of nitrogens with zero attached hydrogens (tertiary/aromatic N) is 3. The molecule has 0 saturated heterocycles. The number of pyridine rings is 1. The van der Waals surface area contributed by atoms with Crippen molar-refractivity contribution >= 4 is 11.4 Å². The predicted octanol–water partition coefficient (Wildman–Crippen LogP) is 6.85. The number of hydrogen-bond donors (Lipinski definition) is 0. The molecule has 0 aliphatic heterocycles. The van der Waals surface area contributed by atoms with Crippen LogP contribution in [0.3, 0.4) is 0 Å². The first kappa shape index (κ1) is 21.5. The molecule has 2 aromatic carbocycles. The van der Waals surface area contributed by atoms with Gasteiger partial charge in [0, 0.05) is 30.2 Å². The van der Waals surface area contributed by atoms with Gasteiger partial charge in [0.15, 0.2) is 5.43 Å². The van der Waals surface area contributed by atoms with Gasteiger partial charge in [-0.15, -0.1) is 0 Å². The average molecular weight is 404 g/mol. The van der Waals surface area contributed by atoms with Crippen molar-refractivity contribution in [2.45, 2.75) is 39.5 Å². The number of benzene rings is 2. The van der Waals surface area contributed by atoms with Crippen molar-refractivity contribution < 1.29 is 4.74 Å². The van der Waals surface area contributed by atoms with Gasteiger partial charge < -0.3 is 9.30 Å². The van der Waals surface area contributed by atoms with Crippen LogP contribution in [0.5, 0.6) is 5.75 Å². The molecule has 0 aliphatic rings. The molecule has 0 aliphatic carbocycles. The fraction of sp³-hybridized carbons (Fsp3) is 0.320. The summed E-state index contributed by atoms with van der Waals surface area (Å²) >= 11 is 0. The standard InChI is InChI=1S/C25H29N3O2/c1-3-5-6-20(4-2)19-30-25-13-9-22(10-14-25)27-26-21-7-11-23(12-8-21)28-17-15-24(29)16-18-28/h7-18,20H,3-6,19H2,1-2H3. The molecule has 0 amide bonds. The van der Waals surface area contributed by atoms with Crippen LogP contribution in [0, 0.1) is 5.92 Å². The summed E-state index contributed by atoms with van der Waals surface area (Å²) in [6, 6.07) is 18.5. The highest BCUT2D eigenvalue weighted by molar-refractivity contribution is 5.46. The lowest BCUT2D eigenvalue weighted by Gasteiger charge is -2.15. The molecule has 0 fully saturated rings. The summed E-state index contributed by atoms with van der Waals surface area (Å²) in [5.74, 6) is 1.48. The number of ether oxygens (including phenoxy) is 1. The zero-order chi connectivity index (χ0) is 21.2. The van der Waals surface area contributed by atoms with Crippen molar-refractivity contribution in [3.8, 4) is 11.4 Å². The molecule has 0 spiro atoms. The van der Waals surface area contributed by atoms with Crippen LogP contribution in [0.2, 0.25) is 0 Å². The van der Waals surface area contributed by atoms with Crippen LogP contribution in [0.25, 0.3) is 5.69 Å². The van der Waals surface area contributed by atoms with Gasteiger partial charge in [-0.2, -0.15) is 10.2 Å². The van der Waals surface area contributed by atoms with E-state index in [0.29, 0.717) is 5.92 Å². The zero-order valence-electron chi connectivity index (χ0n) is 17.7. The highest BCUT2D eigenvalue weighted by Gasteiger charge is 2.07. The van der Waals surface area contributed by atoms with E-state index in [4.69, 9.17) is 4.74 Å². The van der Waals surface area contributed by atoms with E-state index in [1.165, 1.54) is 31.4 Å². The molecule has 0 bridgehead atoms. The molecule has 30 heavy (non-hydrogen) atoms. The maximum Gasteiger partial charge on any atom is 0.181 e. The van der Waals surface area contributed by atoms with Gasteiger partial charge in [-0.25, -0.2) is 0 Å². The van der Waals surface area contributed by atoms with E-state index in [0.717, 1.165) is 35.8 Å². The van der Waals surface area contributed by atoms with Crippen LogP contribution in [-0.2, 0) is 0 Å². The van der Waals surface area contributed by atoms with Gasteiger partial charge >= 0.3 is 0 Å². The van der Waals surface area contributed by atoms with Crippen molar-refractivity contribution in [3.63, 3.8) is 0 Å². The van der Waals surface area contributed by atoms with Crippen LogP contribution < -0.4 is 10.2 Å². The average Bonchev–Trinajstić information content (AvgIpc) is 2.79. The second-order valence-corrected chi connectivity index (χ2v) is 7.38. The monoisotopic (exact) mass is 403 g/mol. The van der Waals surface area contributed by atoms with Gasteiger partial charge in [0.1, 0.15) is 5.75 Å². The maximum absolute atomic E-state index is 11.2. The van der Waals surface area contributed by atoms with Gasteiger partial charge in [-0.3, -0.25) is 4.79 Å². The van der Waals surface area contributed by atoms with E-state index in [1.807, 2.05) is 53.1 Å². The molecule has 1 atom stereocenters. The number of unbranched alkanes of at least 4 members (excludes halogenated alkanes) is 1. The van der Waals surface area contributed by atoms with E-state index in [2.05, 4.69) is 24.1 Å². The highest BCUT2D eigenvalue weighted by Crippen LogP contribution is 2.23. The summed E-state index contributed by atoms with van der Waals surface area (Å²) in [6.45, 7) is 5.21. The lowest BCUT2D eigenvalue weighted by atomic mass is 10.0. The highest BCUT2D eigenvalue weighted by atomic mass is 16.5. The van der Waals surface area contributed by atoms with Crippen molar-refractivity contribution in [1.29, 1.82) is 0 Å². The van der Waals surface area contributed by atoms with Crippen LogP contribution in [0.1, 0.15) is 39.5 Å². The third-order valence-electron chi connectivity index (χ3n) is 5.09. The molecule has 1 heterocycles. The van der Waals surface area contributed by atoms with E-state index >= 15 is 0 Å². The Morgan fingerprint density at radius 2 is 1.47 bits per heavy atom. The van der Waals surface area contributed by atoms with Crippen LogP contribution >= 0.6 is 0 Å². The van der Waals surface area contributed by atoms with Crippen molar-refractivity contribution in [2.75, 3.05) is 6.61 Å². The first-order valence-electron chi connectivity index (χ1n) is 10.6. The first-order chi connectivity index (χ1) is 14.7. The Bertz CT molecular complexity index is 972. The molecule has 0 radical (unpaired) electrons.